The van der Waals surface area contributed by atoms with Crippen molar-refractivity contribution in [3.63, 3.8) is 0 Å². The Labute approximate surface area is 194 Å². The number of hydrogen-bond donors (Lipinski definition) is 5. The maximum Gasteiger partial charge on any atom is 0.404 e. The number of amides is 2. The Morgan fingerprint density at radius 3 is 2.24 bits per heavy atom. The highest BCUT2D eigenvalue weighted by molar-refractivity contribution is 5.96. The minimum Gasteiger partial charge on any atom is -0.496 e. The monoisotopic (exact) mass is 458 g/mol. The summed E-state index contributed by atoms with van der Waals surface area (Å²) in [6, 6.07) is 18.0. The number of carbonyl (C=O) groups excluding carboxylic acids is 1. The molecule has 0 bridgehead atoms. The smallest absolute Gasteiger partial charge is 0.404 e. The second kappa shape index (κ2) is 13.4. The zero-order valence-electron chi connectivity index (χ0n) is 19.0. The molecule has 3 rings (SSSR count). The second-order valence-corrected chi connectivity index (χ2v) is 8.11. The molecular formula is C25H34N2O6. The standard InChI is InChI=1S/C21H25NO2.C4H9NO4/c1-24-19-13-7-6-12-18(19)20(23)22-16-21(14-8-3-9-15-21)17-10-4-2-5-11-17;6-2-3(7)1-5-4(8)9/h2,4-7,10-13H,3,8-9,14-16H2,1H3,(H,22,23);3,5-7H,1-2H2,(H,8,9). The molecule has 0 heterocycles. The van der Waals surface area contributed by atoms with Crippen LogP contribution in [-0.2, 0) is 5.41 Å². The lowest BCUT2D eigenvalue weighted by Gasteiger charge is -2.38. The average Bonchev–Trinajstić information content (AvgIpc) is 2.87. The van der Waals surface area contributed by atoms with Crippen molar-refractivity contribution in [1.29, 1.82) is 0 Å². The third-order valence-electron chi connectivity index (χ3n) is 5.84. The van der Waals surface area contributed by atoms with Gasteiger partial charge in [0.15, 0.2) is 0 Å². The number of hydrogen-bond acceptors (Lipinski definition) is 5. The summed E-state index contributed by atoms with van der Waals surface area (Å²) in [5.74, 6) is 0.556. The third-order valence-corrected chi connectivity index (χ3v) is 5.84. The highest BCUT2D eigenvalue weighted by atomic mass is 16.5. The summed E-state index contributed by atoms with van der Waals surface area (Å²) in [6.07, 6.45) is 3.78. The van der Waals surface area contributed by atoms with Gasteiger partial charge in [0.25, 0.3) is 5.91 Å². The summed E-state index contributed by atoms with van der Waals surface area (Å²) in [7, 11) is 1.60. The number of carboxylic acid groups (broad SMARTS) is 1. The van der Waals surface area contributed by atoms with Gasteiger partial charge in [0.1, 0.15) is 5.75 Å². The van der Waals surface area contributed by atoms with Crippen molar-refractivity contribution in [3.8, 4) is 5.75 Å². The molecule has 180 valence electrons. The normalized spacial score (nSPS) is 15.4. The number of methoxy groups -OCH3 is 1. The molecular weight excluding hydrogens is 424 g/mol. The van der Waals surface area contributed by atoms with E-state index in [4.69, 9.17) is 20.1 Å². The fraction of sp³-hybridized carbons (Fsp3) is 0.440. The number of para-hydroxylation sites is 1. The van der Waals surface area contributed by atoms with Gasteiger partial charge < -0.3 is 30.7 Å². The largest absolute Gasteiger partial charge is 0.496 e. The van der Waals surface area contributed by atoms with Crippen molar-refractivity contribution in [3.05, 3.63) is 65.7 Å². The van der Waals surface area contributed by atoms with Gasteiger partial charge in [-0.15, -0.1) is 0 Å². The van der Waals surface area contributed by atoms with Crippen LogP contribution in [0.25, 0.3) is 0 Å². The zero-order chi connectivity index (χ0) is 24.1. The molecule has 2 amide bonds. The number of carbonyl (C=O) groups is 2. The van der Waals surface area contributed by atoms with Gasteiger partial charge in [-0.2, -0.15) is 0 Å². The molecule has 1 atom stereocenters. The lowest BCUT2D eigenvalue weighted by molar-refractivity contribution is 0.0931. The van der Waals surface area contributed by atoms with Gasteiger partial charge in [-0.3, -0.25) is 4.79 Å². The van der Waals surface area contributed by atoms with Crippen LogP contribution in [0.15, 0.2) is 54.6 Å². The Morgan fingerprint density at radius 1 is 1.00 bits per heavy atom. The van der Waals surface area contributed by atoms with E-state index in [-0.39, 0.29) is 17.9 Å². The first kappa shape index (κ1) is 26.2. The lowest BCUT2D eigenvalue weighted by Crippen LogP contribution is -2.42. The van der Waals surface area contributed by atoms with Crippen molar-refractivity contribution >= 4 is 12.0 Å². The molecule has 2 aromatic rings. The van der Waals surface area contributed by atoms with Crippen LogP contribution in [-0.4, -0.2) is 60.2 Å². The van der Waals surface area contributed by atoms with Crippen molar-refractivity contribution in [2.75, 3.05) is 26.8 Å². The summed E-state index contributed by atoms with van der Waals surface area (Å²) >= 11 is 0. The van der Waals surface area contributed by atoms with E-state index in [1.807, 2.05) is 35.6 Å². The number of rotatable bonds is 8. The van der Waals surface area contributed by atoms with E-state index in [9.17, 15) is 9.59 Å². The molecule has 2 aromatic carbocycles. The van der Waals surface area contributed by atoms with Crippen LogP contribution in [0.1, 0.15) is 48.0 Å². The van der Waals surface area contributed by atoms with E-state index < -0.39 is 18.8 Å². The molecule has 5 N–H and O–H groups in total. The van der Waals surface area contributed by atoms with Gasteiger partial charge in [-0.25, -0.2) is 4.79 Å². The Balaban J connectivity index is 0.000000365. The van der Waals surface area contributed by atoms with E-state index in [2.05, 4.69) is 29.6 Å². The fourth-order valence-electron chi connectivity index (χ4n) is 4.03. The quantitative estimate of drug-likeness (QED) is 0.414. The molecule has 1 aliphatic carbocycles. The minimum atomic E-state index is -1.21. The molecule has 0 saturated heterocycles. The number of nitrogens with one attached hydrogen (secondary N) is 2. The summed E-state index contributed by atoms with van der Waals surface area (Å²) in [5, 5.41) is 29.7. The predicted octanol–water partition coefficient (Wildman–Crippen LogP) is 2.93. The molecule has 8 nitrogen and oxygen atoms in total. The molecule has 0 aliphatic heterocycles. The molecule has 33 heavy (non-hydrogen) atoms. The summed E-state index contributed by atoms with van der Waals surface area (Å²) < 4.78 is 5.31. The van der Waals surface area contributed by atoms with Crippen molar-refractivity contribution in [2.45, 2.75) is 43.6 Å². The SMILES string of the molecule is COc1ccccc1C(=O)NCC1(c2ccccc2)CCCCC1.O=C(O)NCC(O)CO. The Hall–Kier alpha value is -3.10. The van der Waals surface area contributed by atoms with E-state index in [1.165, 1.54) is 24.8 Å². The average molecular weight is 459 g/mol. The first-order valence-electron chi connectivity index (χ1n) is 11.1. The van der Waals surface area contributed by atoms with Crippen LogP contribution in [0.4, 0.5) is 4.79 Å². The molecule has 0 radical (unpaired) electrons. The summed E-state index contributed by atoms with van der Waals surface area (Å²) in [5.41, 5.74) is 1.99. The summed E-state index contributed by atoms with van der Waals surface area (Å²) in [4.78, 5) is 22.4. The van der Waals surface area contributed by atoms with E-state index in [1.54, 1.807) is 7.11 Å². The third kappa shape index (κ3) is 8.07. The van der Waals surface area contributed by atoms with Gasteiger partial charge >= 0.3 is 6.09 Å². The number of aliphatic hydroxyl groups excluding tert-OH is 2. The Kier molecular flexibility index (Phi) is 10.7. The van der Waals surface area contributed by atoms with Gasteiger partial charge in [-0.05, 0) is 30.5 Å². The number of benzene rings is 2. The molecule has 8 heteroatoms. The first-order chi connectivity index (χ1) is 15.9. The maximum absolute atomic E-state index is 12.6. The van der Waals surface area contributed by atoms with Crippen LogP contribution in [0, 0.1) is 0 Å². The van der Waals surface area contributed by atoms with Crippen LogP contribution >= 0.6 is 0 Å². The van der Waals surface area contributed by atoms with E-state index >= 15 is 0 Å². The highest BCUT2D eigenvalue weighted by Crippen LogP contribution is 2.39. The van der Waals surface area contributed by atoms with Crippen LogP contribution in [0.5, 0.6) is 5.75 Å². The molecule has 1 fully saturated rings. The van der Waals surface area contributed by atoms with Gasteiger partial charge in [-0.1, -0.05) is 61.7 Å². The molecule has 1 unspecified atom stereocenters. The first-order valence-corrected chi connectivity index (χ1v) is 11.1. The summed E-state index contributed by atoms with van der Waals surface area (Å²) in [6.45, 7) is 0.111. The van der Waals surface area contributed by atoms with Crippen LogP contribution in [0.3, 0.4) is 0 Å². The molecule has 1 aliphatic rings. The second-order valence-electron chi connectivity index (χ2n) is 8.11. The number of aliphatic hydroxyl groups is 2. The Morgan fingerprint density at radius 2 is 1.64 bits per heavy atom. The predicted molar refractivity (Wildman–Crippen MR) is 126 cm³/mol. The molecule has 0 spiro atoms. The van der Waals surface area contributed by atoms with E-state index in [0.29, 0.717) is 17.9 Å². The van der Waals surface area contributed by atoms with Crippen LogP contribution in [0.2, 0.25) is 0 Å². The zero-order valence-corrected chi connectivity index (χ0v) is 19.0. The fourth-order valence-corrected chi connectivity index (χ4v) is 4.03. The maximum atomic E-state index is 12.6. The Bertz CT molecular complexity index is 868. The van der Waals surface area contributed by atoms with Crippen molar-refractivity contribution < 1.29 is 29.6 Å². The van der Waals surface area contributed by atoms with Gasteiger partial charge in [0.05, 0.1) is 25.4 Å². The lowest BCUT2D eigenvalue weighted by atomic mass is 9.69. The van der Waals surface area contributed by atoms with E-state index in [0.717, 1.165) is 12.8 Å². The van der Waals surface area contributed by atoms with Gasteiger partial charge in [0, 0.05) is 18.5 Å². The molecule has 1 saturated carbocycles. The van der Waals surface area contributed by atoms with Crippen LogP contribution < -0.4 is 15.4 Å². The van der Waals surface area contributed by atoms with Gasteiger partial charge in [0.2, 0.25) is 0 Å². The molecule has 0 aromatic heterocycles. The van der Waals surface area contributed by atoms with Crippen molar-refractivity contribution in [1.82, 2.24) is 10.6 Å². The minimum absolute atomic E-state index is 0.0528. The topological polar surface area (TPSA) is 128 Å². The van der Waals surface area contributed by atoms with Crippen molar-refractivity contribution in [2.24, 2.45) is 0 Å². The number of ether oxygens (including phenoxy) is 1. The highest BCUT2D eigenvalue weighted by Gasteiger charge is 2.34.